The Hall–Kier alpha value is -4.47. The van der Waals surface area contributed by atoms with Gasteiger partial charge in [-0.2, -0.15) is 9.97 Å². The van der Waals surface area contributed by atoms with E-state index in [1.165, 1.54) is 19.3 Å². The molecule has 0 atom stereocenters. The van der Waals surface area contributed by atoms with Gasteiger partial charge in [0.2, 0.25) is 11.9 Å². The highest BCUT2D eigenvalue weighted by Gasteiger charge is 2.28. The molecule has 0 aliphatic carbocycles. The lowest BCUT2D eigenvalue weighted by Crippen LogP contribution is -2.30. The van der Waals surface area contributed by atoms with E-state index < -0.39 is 0 Å². The highest BCUT2D eigenvalue weighted by molar-refractivity contribution is 6.13. The van der Waals surface area contributed by atoms with Crippen LogP contribution in [0.1, 0.15) is 29.6 Å². The van der Waals surface area contributed by atoms with E-state index >= 15 is 0 Å². The van der Waals surface area contributed by atoms with Gasteiger partial charge in [0.1, 0.15) is 12.0 Å². The Labute approximate surface area is 209 Å². The lowest BCUT2D eigenvalue weighted by atomic mass is 10.1. The van der Waals surface area contributed by atoms with Gasteiger partial charge in [0.25, 0.3) is 5.91 Å². The van der Waals surface area contributed by atoms with E-state index in [1.807, 2.05) is 60.5 Å². The Morgan fingerprint density at radius 2 is 1.64 bits per heavy atom. The van der Waals surface area contributed by atoms with Gasteiger partial charge in [0.05, 0.1) is 23.1 Å². The van der Waals surface area contributed by atoms with Crippen LogP contribution < -0.4 is 20.0 Å². The molecule has 1 fully saturated rings. The van der Waals surface area contributed by atoms with Crippen LogP contribution >= 0.6 is 0 Å². The van der Waals surface area contributed by atoms with Crippen LogP contribution in [0.4, 0.5) is 34.8 Å². The normalized spacial score (nSPS) is 15.4. The number of rotatable bonds is 4. The van der Waals surface area contributed by atoms with E-state index in [9.17, 15) is 4.79 Å². The summed E-state index contributed by atoms with van der Waals surface area (Å²) in [5.41, 5.74) is 3.85. The van der Waals surface area contributed by atoms with Gasteiger partial charge in [0, 0.05) is 32.9 Å². The highest BCUT2D eigenvalue weighted by atomic mass is 16.2. The summed E-state index contributed by atoms with van der Waals surface area (Å²) >= 11 is 0. The number of piperidine rings is 1. The molecule has 2 aliphatic heterocycles. The van der Waals surface area contributed by atoms with Gasteiger partial charge in [-0.1, -0.05) is 12.1 Å². The van der Waals surface area contributed by atoms with Crippen molar-refractivity contribution in [2.75, 3.05) is 47.2 Å². The Morgan fingerprint density at radius 3 is 2.44 bits per heavy atom. The first kappa shape index (κ1) is 22.0. The number of anilines is 6. The van der Waals surface area contributed by atoms with Crippen LogP contribution in [0.2, 0.25) is 0 Å². The van der Waals surface area contributed by atoms with Crippen molar-refractivity contribution in [2.45, 2.75) is 19.3 Å². The number of carbonyl (C=O) groups is 1. The third-order valence-corrected chi connectivity index (χ3v) is 6.74. The van der Waals surface area contributed by atoms with Crippen molar-refractivity contribution in [2.24, 2.45) is 0 Å². The molecule has 0 bridgehead atoms. The number of para-hydroxylation sites is 1. The minimum absolute atomic E-state index is 0.0901. The van der Waals surface area contributed by atoms with Crippen LogP contribution in [0.25, 0.3) is 5.69 Å². The van der Waals surface area contributed by atoms with Crippen molar-refractivity contribution < 1.29 is 4.79 Å². The van der Waals surface area contributed by atoms with E-state index in [-0.39, 0.29) is 5.91 Å². The number of nitrogens with zero attached hydrogens (tertiary/aromatic N) is 8. The molecule has 1 saturated heterocycles. The summed E-state index contributed by atoms with van der Waals surface area (Å²) in [6, 6.07) is 15.4. The molecule has 0 unspecified atom stereocenters. The number of hydrogen-bond acceptors (Lipinski definition) is 8. The van der Waals surface area contributed by atoms with Crippen molar-refractivity contribution in [3.8, 4) is 5.69 Å². The molecule has 182 valence electrons. The predicted molar refractivity (Wildman–Crippen MR) is 140 cm³/mol. The smallest absolute Gasteiger partial charge is 0.260 e. The first-order valence-corrected chi connectivity index (χ1v) is 12.1. The molecule has 10 heteroatoms. The summed E-state index contributed by atoms with van der Waals surface area (Å²) in [5, 5.41) is 7.94. The van der Waals surface area contributed by atoms with E-state index in [0.717, 1.165) is 36.1 Å². The summed E-state index contributed by atoms with van der Waals surface area (Å²) in [4.78, 5) is 32.4. The topological polar surface area (TPSA) is 95.3 Å². The molecule has 0 spiro atoms. The molecule has 4 heterocycles. The lowest BCUT2D eigenvalue weighted by molar-refractivity contribution is 0.0994. The zero-order valence-electron chi connectivity index (χ0n) is 20.3. The molecule has 2 aliphatic rings. The van der Waals surface area contributed by atoms with Crippen LogP contribution in [-0.4, -0.2) is 57.8 Å². The SMILES string of the molecule is CN1C(=O)c2ccccc2N(C)c2nc(Nc3ccc(-n4cnc(N5CCCCC5)n4)cc3)ncc21. The van der Waals surface area contributed by atoms with Crippen LogP contribution in [0.3, 0.4) is 0 Å². The number of carbonyl (C=O) groups excluding carboxylic acids is 1. The third kappa shape index (κ3) is 3.90. The molecule has 10 nitrogen and oxygen atoms in total. The molecular weight excluding hydrogens is 454 g/mol. The van der Waals surface area contributed by atoms with Gasteiger partial charge in [-0.05, 0) is 55.7 Å². The summed E-state index contributed by atoms with van der Waals surface area (Å²) in [6.45, 7) is 2.02. The van der Waals surface area contributed by atoms with Crippen molar-refractivity contribution in [3.05, 3.63) is 66.6 Å². The number of hydrogen-bond donors (Lipinski definition) is 1. The number of amides is 1. The van der Waals surface area contributed by atoms with Crippen LogP contribution in [-0.2, 0) is 0 Å². The minimum atomic E-state index is -0.0901. The Balaban J connectivity index is 1.23. The van der Waals surface area contributed by atoms with Gasteiger partial charge >= 0.3 is 0 Å². The van der Waals surface area contributed by atoms with Crippen LogP contribution in [0.5, 0.6) is 0 Å². The zero-order valence-corrected chi connectivity index (χ0v) is 20.3. The molecule has 2 aromatic carbocycles. The van der Waals surface area contributed by atoms with Crippen LogP contribution in [0, 0.1) is 0 Å². The van der Waals surface area contributed by atoms with Gasteiger partial charge in [-0.25, -0.2) is 9.67 Å². The minimum Gasteiger partial charge on any atom is -0.340 e. The Morgan fingerprint density at radius 1 is 0.861 bits per heavy atom. The van der Waals surface area contributed by atoms with Crippen molar-refractivity contribution in [1.82, 2.24) is 24.7 Å². The second-order valence-electron chi connectivity index (χ2n) is 9.05. The number of benzene rings is 2. The Bertz CT molecular complexity index is 1410. The molecule has 0 saturated carbocycles. The van der Waals surface area contributed by atoms with E-state index in [2.05, 4.69) is 25.3 Å². The third-order valence-electron chi connectivity index (χ3n) is 6.74. The quantitative estimate of drug-likeness (QED) is 0.465. The number of nitrogens with one attached hydrogen (secondary N) is 1. The number of fused-ring (bicyclic) bond motifs is 2. The van der Waals surface area contributed by atoms with E-state index in [0.29, 0.717) is 23.0 Å². The maximum absolute atomic E-state index is 13.0. The summed E-state index contributed by atoms with van der Waals surface area (Å²) in [6.07, 6.45) is 7.09. The second kappa shape index (κ2) is 8.95. The van der Waals surface area contributed by atoms with E-state index in [4.69, 9.17) is 4.98 Å². The fraction of sp³-hybridized carbons (Fsp3) is 0.269. The molecule has 2 aromatic heterocycles. The fourth-order valence-electron chi connectivity index (χ4n) is 4.71. The van der Waals surface area contributed by atoms with Gasteiger partial charge in [0.15, 0.2) is 5.82 Å². The lowest BCUT2D eigenvalue weighted by Gasteiger charge is -2.24. The monoisotopic (exact) mass is 481 g/mol. The van der Waals surface area contributed by atoms with Crippen molar-refractivity contribution in [3.63, 3.8) is 0 Å². The maximum Gasteiger partial charge on any atom is 0.260 e. The molecule has 6 rings (SSSR count). The summed E-state index contributed by atoms with van der Waals surface area (Å²) in [5.74, 6) is 1.79. The van der Waals surface area contributed by atoms with Crippen molar-refractivity contribution >= 4 is 40.7 Å². The van der Waals surface area contributed by atoms with Gasteiger partial charge in [-0.15, -0.1) is 5.10 Å². The highest BCUT2D eigenvalue weighted by Crippen LogP contribution is 2.38. The maximum atomic E-state index is 13.0. The first-order chi connectivity index (χ1) is 17.6. The molecule has 1 N–H and O–H groups in total. The Kier molecular flexibility index (Phi) is 5.48. The second-order valence-corrected chi connectivity index (χ2v) is 9.05. The standard InChI is InChI=1S/C26H27N9O/c1-32-21-9-5-4-8-20(21)24(36)33(2)22-16-27-25(30-23(22)32)29-18-10-12-19(13-11-18)35-17-28-26(31-35)34-14-6-3-7-15-34/h4-5,8-13,16-17H,3,6-7,14-15H2,1-2H3,(H,27,29,30). The molecular formula is C26H27N9O. The molecule has 36 heavy (non-hydrogen) atoms. The predicted octanol–water partition coefficient (Wildman–Crippen LogP) is 4.15. The van der Waals surface area contributed by atoms with Crippen molar-refractivity contribution in [1.29, 1.82) is 0 Å². The zero-order chi connectivity index (χ0) is 24.6. The van der Waals surface area contributed by atoms with Gasteiger partial charge < -0.3 is 20.0 Å². The fourth-order valence-corrected chi connectivity index (χ4v) is 4.71. The molecule has 4 aromatic rings. The largest absolute Gasteiger partial charge is 0.340 e. The molecule has 1 amide bonds. The first-order valence-electron chi connectivity index (χ1n) is 12.1. The average Bonchev–Trinajstić information content (AvgIpc) is 3.41. The van der Waals surface area contributed by atoms with E-state index in [1.54, 1.807) is 29.2 Å². The molecule has 0 radical (unpaired) electrons. The van der Waals surface area contributed by atoms with Crippen LogP contribution in [0.15, 0.2) is 61.1 Å². The summed E-state index contributed by atoms with van der Waals surface area (Å²) in [7, 11) is 3.65. The van der Waals surface area contributed by atoms with Gasteiger partial charge in [-0.3, -0.25) is 4.79 Å². The summed E-state index contributed by atoms with van der Waals surface area (Å²) < 4.78 is 1.80. The number of aromatic nitrogens is 5. The average molecular weight is 482 g/mol.